The summed E-state index contributed by atoms with van der Waals surface area (Å²) in [5.74, 6) is -0.140. The van der Waals surface area contributed by atoms with E-state index < -0.39 is 0 Å². The molecule has 2 saturated heterocycles. The van der Waals surface area contributed by atoms with Gasteiger partial charge in [0.1, 0.15) is 5.75 Å². The average molecular weight is 425 g/mol. The Morgan fingerprint density at radius 1 is 1.07 bits per heavy atom. The van der Waals surface area contributed by atoms with E-state index in [9.17, 15) is 14.4 Å². The van der Waals surface area contributed by atoms with Crippen molar-refractivity contribution in [2.45, 2.75) is 39.2 Å². The van der Waals surface area contributed by atoms with Crippen molar-refractivity contribution in [2.24, 2.45) is 0 Å². The van der Waals surface area contributed by atoms with Crippen LogP contribution < -0.4 is 15.1 Å². The van der Waals surface area contributed by atoms with E-state index in [0.29, 0.717) is 32.4 Å². The monoisotopic (exact) mass is 424 g/mol. The van der Waals surface area contributed by atoms with Crippen LogP contribution in [0.3, 0.4) is 0 Å². The molecular weight excluding hydrogens is 396 g/mol. The molecule has 0 aromatic heterocycles. The number of para-hydroxylation sites is 2. The SMILES string of the molecule is CC(C)Oc1ccccc1N1CCN(CC(=O)NN2C(=O)CCCC2=O)CC1.Cl. The average Bonchev–Trinajstić information content (AvgIpc) is 2.66. The smallest absolute Gasteiger partial charge is 0.253 e. The number of anilines is 1. The molecule has 2 fully saturated rings. The lowest BCUT2D eigenvalue weighted by molar-refractivity contribution is -0.156. The number of rotatable bonds is 6. The summed E-state index contributed by atoms with van der Waals surface area (Å²) in [6.07, 6.45) is 1.24. The number of carbonyl (C=O) groups excluding carboxylic acids is 3. The van der Waals surface area contributed by atoms with E-state index in [1.165, 1.54) is 0 Å². The largest absolute Gasteiger partial charge is 0.489 e. The summed E-state index contributed by atoms with van der Waals surface area (Å²) >= 11 is 0. The number of halogens is 1. The molecule has 1 aromatic carbocycles. The highest BCUT2D eigenvalue weighted by Crippen LogP contribution is 2.29. The van der Waals surface area contributed by atoms with Gasteiger partial charge in [0, 0.05) is 39.0 Å². The van der Waals surface area contributed by atoms with Gasteiger partial charge >= 0.3 is 0 Å². The summed E-state index contributed by atoms with van der Waals surface area (Å²) in [5.41, 5.74) is 3.52. The fraction of sp³-hybridized carbons (Fsp3) is 0.550. The standard InChI is InChI=1S/C20H28N4O4.ClH/c1-15(2)28-17-7-4-3-6-16(17)23-12-10-22(11-13-23)14-18(25)21-24-19(26)8-5-9-20(24)27;/h3-4,6-7,15H,5,8-14H2,1-2H3,(H,21,25);1H. The number of hydrazine groups is 1. The number of hydrogen-bond acceptors (Lipinski definition) is 6. The summed E-state index contributed by atoms with van der Waals surface area (Å²) in [6.45, 7) is 7.14. The zero-order valence-corrected chi connectivity index (χ0v) is 17.7. The molecule has 160 valence electrons. The van der Waals surface area contributed by atoms with Crippen molar-refractivity contribution in [3.05, 3.63) is 24.3 Å². The van der Waals surface area contributed by atoms with E-state index in [4.69, 9.17) is 4.74 Å². The first-order chi connectivity index (χ1) is 13.4. The molecule has 9 heteroatoms. The summed E-state index contributed by atoms with van der Waals surface area (Å²) < 4.78 is 5.91. The summed E-state index contributed by atoms with van der Waals surface area (Å²) in [6, 6.07) is 7.98. The van der Waals surface area contributed by atoms with Crippen molar-refractivity contribution in [2.75, 3.05) is 37.6 Å². The highest BCUT2D eigenvalue weighted by atomic mass is 35.5. The van der Waals surface area contributed by atoms with Gasteiger partial charge in [-0.05, 0) is 32.4 Å². The zero-order valence-electron chi connectivity index (χ0n) is 16.9. The molecule has 0 aliphatic carbocycles. The van der Waals surface area contributed by atoms with Gasteiger partial charge in [-0.1, -0.05) is 12.1 Å². The molecule has 0 saturated carbocycles. The summed E-state index contributed by atoms with van der Waals surface area (Å²) in [4.78, 5) is 40.1. The van der Waals surface area contributed by atoms with Crippen molar-refractivity contribution in [1.29, 1.82) is 0 Å². The normalized spacial score (nSPS) is 17.9. The van der Waals surface area contributed by atoms with E-state index in [2.05, 4.69) is 10.3 Å². The number of carbonyl (C=O) groups is 3. The van der Waals surface area contributed by atoms with Gasteiger partial charge < -0.3 is 9.64 Å². The Balaban J connectivity index is 0.00000300. The lowest BCUT2D eigenvalue weighted by Crippen LogP contribution is -2.55. The quantitative estimate of drug-likeness (QED) is 0.698. The van der Waals surface area contributed by atoms with Gasteiger partial charge in [-0.2, -0.15) is 5.01 Å². The fourth-order valence-electron chi connectivity index (χ4n) is 3.46. The van der Waals surface area contributed by atoms with Crippen molar-refractivity contribution in [1.82, 2.24) is 15.3 Å². The van der Waals surface area contributed by atoms with Crippen LogP contribution in [0.25, 0.3) is 0 Å². The van der Waals surface area contributed by atoms with Crippen molar-refractivity contribution in [3.8, 4) is 5.75 Å². The van der Waals surface area contributed by atoms with E-state index in [1.807, 2.05) is 43.0 Å². The number of nitrogens with zero attached hydrogens (tertiary/aromatic N) is 3. The van der Waals surface area contributed by atoms with Gasteiger partial charge in [0.05, 0.1) is 18.3 Å². The lowest BCUT2D eigenvalue weighted by atomic mass is 10.1. The second-order valence-corrected chi connectivity index (χ2v) is 7.41. The number of hydrogen-bond donors (Lipinski definition) is 1. The second-order valence-electron chi connectivity index (χ2n) is 7.41. The Morgan fingerprint density at radius 3 is 2.31 bits per heavy atom. The predicted octanol–water partition coefficient (Wildman–Crippen LogP) is 1.59. The van der Waals surface area contributed by atoms with E-state index >= 15 is 0 Å². The number of amides is 3. The van der Waals surface area contributed by atoms with Crippen LogP contribution in [-0.4, -0.2) is 66.5 Å². The third-order valence-electron chi connectivity index (χ3n) is 4.82. The minimum Gasteiger partial charge on any atom is -0.489 e. The molecule has 0 atom stereocenters. The Kier molecular flexibility index (Phi) is 8.28. The number of imide groups is 1. The van der Waals surface area contributed by atoms with Crippen LogP contribution in [0.5, 0.6) is 5.75 Å². The first-order valence-corrected chi connectivity index (χ1v) is 9.82. The second kappa shape index (κ2) is 10.5. The zero-order chi connectivity index (χ0) is 20.1. The van der Waals surface area contributed by atoms with E-state index in [-0.39, 0.29) is 42.8 Å². The van der Waals surface area contributed by atoms with E-state index in [0.717, 1.165) is 29.5 Å². The van der Waals surface area contributed by atoms with Crippen LogP contribution in [-0.2, 0) is 14.4 Å². The maximum Gasteiger partial charge on any atom is 0.253 e. The Hall–Kier alpha value is -2.32. The lowest BCUT2D eigenvalue weighted by Gasteiger charge is -2.36. The minimum atomic E-state index is -0.337. The first kappa shape index (κ1) is 23.0. The molecular formula is C20H29ClN4O4. The topological polar surface area (TPSA) is 82.2 Å². The molecule has 0 spiro atoms. The van der Waals surface area contributed by atoms with Crippen LogP contribution in [0.4, 0.5) is 5.69 Å². The Labute approximate surface area is 177 Å². The number of benzene rings is 1. The molecule has 0 unspecified atom stereocenters. The molecule has 1 N–H and O–H groups in total. The molecule has 3 rings (SSSR count). The summed E-state index contributed by atoms with van der Waals surface area (Å²) in [5, 5.41) is 0.877. The Bertz CT molecular complexity index is 719. The molecule has 2 aliphatic rings. The number of ether oxygens (including phenoxy) is 1. The van der Waals surface area contributed by atoms with Gasteiger partial charge in [-0.25, -0.2) is 0 Å². The summed E-state index contributed by atoms with van der Waals surface area (Å²) in [7, 11) is 0. The predicted molar refractivity (Wildman–Crippen MR) is 112 cm³/mol. The minimum absolute atomic E-state index is 0. The highest BCUT2D eigenvalue weighted by molar-refractivity contribution is 5.99. The molecule has 8 nitrogen and oxygen atoms in total. The third kappa shape index (κ3) is 6.08. The van der Waals surface area contributed by atoms with Crippen molar-refractivity contribution in [3.63, 3.8) is 0 Å². The maximum atomic E-state index is 12.3. The molecule has 3 amide bonds. The van der Waals surface area contributed by atoms with Crippen LogP contribution >= 0.6 is 12.4 Å². The first-order valence-electron chi connectivity index (χ1n) is 9.82. The van der Waals surface area contributed by atoms with Crippen LogP contribution in [0, 0.1) is 0 Å². The number of piperidine rings is 1. The molecule has 29 heavy (non-hydrogen) atoms. The van der Waals surface area contributed by atoms with Crippen LogP contribution in [0.2, 0.25) is 0 Å². The van der Waals surface area contributed by atoms with Gasteiger partial charge in [-0.15, -0.1) is 12.4 Å². The fourth-order valence-corrected chi connectivity index (χ4v) is 3.46. The van der Waals surface area contributed by atoms with Gasteiger partial charge in [-0.3, -0.25) is 24.7 Å². The third-order valence-corrected chi connectivity index (χ3v) is 4.82. The van der Waals surface area contributed by atoms with E-state index in [1.54, 1.807) is 0 Å². The van der Waals surface area contributed by atoms with Crippen molar-refractivity contribution >= 4 is 35.8 Å². The van der Waals surface area contributed by atoms with Gasteiger partial charge in [0.15, 0.2) is 0 Å². The molecule has 2 heterocycles. The molecule has 0 bridgehead atoms. The van der Waals surface area contributed by atoms with Crippen LogP contribution in [0.1, 0.15) is 33.1 Å². The maximum absolute atomic E-state index is 12.3. The molecule has 2 aliphatic heterocycles. The Morgan fingerprint density at radius 2 is 1.69 bits per heavy atom. The molecule has 0 radical (unpaired) electrons. The van der Waals surface area contributed by atoms with Gasteiger partial charge in [0.25, 0.3) is 5.91 Å². The number of nitrogens with one attached hydrogen (secondary N) is 1. The van der Waals surface area contributed by atoms with Crippen molar-refractivity contribution < 1.29 is 19.1 Å². The highest BCUT2D eigenvalue weighted by Gasteiger charge is 2.28. The van der Waals surface area contributed by atoms with Crippen LogP contribution in [0.15, 0.2) is 24.3 Å². The van der Waals surface area contributed by atoms with Gasteiger partial charge in [0.2, 0.25) is 11.8 Å². The number of piperazine rings is 1. The molecule has 1 aromatic rings.